The van der Waals surface area contributed by atoms with Gasteiger partial charge in [0.25, 0.3) is 0 Å². The van der Waals surface area contributed by atoms with E-state index >= 15 is 0 Å². The third-order valence-electron chi connectivity index (χ3n) is 0. The second kappa shape index (κ2) is 19.6. The summed E-state index contributed by atoms with van der Waals surface area (Å²) in [6.07, 6.45) is 0. The van der Waals surface area contributed by atoms with Crippen LogP contribution in [-0.4, -0.2) is 66.8 Å². The fourth-order valence-electron chi connectivity index (χ4n) is 0. The van der Waals surface area contributed by atoms with Gasteiger partial charge >= 0.3 is 192 Å². The summed E-state index contributed by atoms with van der Waals surface area (Å²) < 4.78 is 172. The number of rotatable bonds is 0. The van der Waals surface area contributed by atoms with Crippen LogP contribution in [0.2, 0.25) is 0 Å². The first-order chi connectivity index (χ1) is 10.0. The molecule has 0 aliphatic carbocycles. The van der Waals surface area contributed by atoms with Gasteiger partial charge in [-0.25, -0.2) is 0 Å². The van der Waals surface area contributed by atoms with E-state index in [1.54, 1.807) is 0 Å². The fourth-order valence-corrected chi connectivity index (χ4v) is 0. The van der Waals surface area contributed by atoms with Gasteiger partial charge in [0.15, 0.2) is 0 Å². The van der Waals surface area contributed by atoms with E-state index in [2.05, 4.69) is 0 Å². The van der Waals surface area contributed by atoms with Crippen LogP contribution >= 0.6 is 0 Å². The first-order valence-electron chi connectivity index (χ1n) is 3.33. The minimum Gasteiger partial charge on any atom is 5.00 e. The molecule has 0 bridgehead atoms. The molecule has 160 valence electrons. The van der Waals surface area contributed by atoms with Gasteiger partial charge in [0.05, 0.1) is 0 Å². The van der Waals surface area contributed by atoms with Crippen molar-refractivity contribution in [3.8, 4) is 0 Å². The topological polar surface area (TPSA) is 401 Å². The van der Waals surface area contributed by atoms with Gasteiger partial charge < -0.3 is 0 Å². The van der Waals surface area contributed by atoms with Crippen molar-refractivity contribution in [2.24, 2.45) is 0 Å². The summed E-state index contributed by atoms with van der Waals surface area (Å²) >= 11 is -28.8. The van der Waals surface area contributed by atoms with E-state index < -0.39 is 66.8 Å². The maximum Gasteiger partial charge on any atom is 5.00 e. The van der Waals surface area contributed by atoms with Crippen LogP contribution < -0.4 is 41.9 Å². The van der Waals surface area contributed by atoms with Crippen LogP contribution in [0.3, 0.4) is 0 Å². The van der Waals surface area contributed by atoms with Crippen molar-refractivity contribution in [2.45, 2.75) is 0 Å². The third-order valence-corrected chi connectivity index (χ3v) is 0. The van der Waals surface area contributed by atoms with Crippen LogP contribution in [0.5, 0.6) is 0 Å². The van der Waals surface area contributed by atoms with Gasteiger partial charge in [-0.2, -0.15) is 0 Å². The van der Waals surface area contributed by atoms with Crippen molar-refractivity contribution in [2.75, 3.05) is 0 Å². The predicted molar refractivity (Wildman–Crippen MR) is 35.6 cm³/mol. The summed E-state index contributed by atoms with van der Waals surface area (Å²) in [4.78, 5) is 0. The standard InChI is InChI=1S/2Nb.5H2O4Se/c;;5*1-5(2,3)4/h;;5*(H2,1,2,3,4)/q2*+5;;;;;/p-10. The Balaban J connectivity index is -0.0000000364. The molecule has 27 heteroatoms. The second-order valence-electron chi connectivity index (χ2n) is 2.04. The van der Waals surface area contributed by atoms with Gasteiger partial charge in [-0.05, 0) is 0 Å². The molecule has 0 atom stereocenters. The van der Waals surface area contributed by atoms with Gasteiger partial charge in [0.1, 0.15) is 0 Å². The molecule has 0 heterocycles. The van der Waals surface area contributed by atoms with Crippen molar-refractivity contribution in [3.05, 3.63) is 0 Å². The number of hydrogen-bond donors (Lipinski definition) is 0. The maximum atomic E-state index is 8.59. The molecule has 0 spiro atoms. The molecule has 0 radical (unpaired) electrons. The summed E-state index contributed by atoms with van der Waals surface area (Å²) in [6.45, 7) is 0. The number of hydrogen-bond acceptors (Lipinski definition) is 20. The molecule has 0 saturated heterocycles. The normalized spacial score (nSPS) is 10.7. The third kappa shape index (κ3) is 6480. The van der Waals surface area contributed by atoms with Crippen molar-refractivity contribution < 1.29 is 125 Å². The average Bonchev–Trinajstić information content (AvgIpc) is 1.79. The first kappa shape index (κ1) is 46.7. The summed E-state index contributed by atoms with van der Waals surface area (Å²) in [6, 6.07) is 0. The quantitative estimate of drug-likeness (QED) is 0.204. The zero-order valence-corrected chi connectivity index (χ0v) is 24.1. The predicted octanol–water partition coefficient (Wildman–Crippen LogP) is -15.0. The van der Waals surface area contributed by atoms with Crippen LogP contribution in [0.25, 0.3) is 0 Å². The van der Waals surface area contributed by atoms with Crippen LogP contribution in [0.1, 0.15) is 0 Å². The molecule has 0 saturated carbocycles. The van der Waals surface area contributed by atoms with Gasteiger partial charge in [0.2, 0.25) is 0 Å². The Labute approximate surface area is 189 Å². The van der Waals surface area contributed by atoms with E-state index in [0.29, 0.717) is 0 Å². The molecule has 27 heavy (non-hydrogen) atoms. The molecule has 0 amide bonds. The van der Waals surface area contributed by atoms with E-state index in [4.69, 9.17) is 80.2 Å². The van der Waals surface area contributed by atoms with E-state index in [1.807, 2.05) is 0 Å². The van der Waals surface area contributed by atoms with Gasteiger partial charge in [-0.15, -0.1) is 0 Å². The van der Waals surface area contributed by atoms with Gasteiger partial charge in [-0.3, -0.25) is 0 Å². The molecule has 0 aliphatic heterocycles. The zero-order chi connectivity index (χ0) is 22.5. The average molecular weight is 901 g/mol. The molecule has 20 nitrogen and oxygen atoms in total. The van der Waals surface area contributed by atoms with Crippen molar-refractivity contribution in [1.29, 1.82) is 0 Å². The Morgan fingerprint density at radius 3 is 0.259 bits per heavy atom. The van der Waals surface area contributed by atoms with E-state index in [0.717, 1.165) is 0 Å². The molecule has 0 aromatic carbocycles. The van der Waals surface area contributed by atoms with Crippen LogP contribution in [0.4, 0.5) is 0 Å². The van der Waals surface area contributed by atoms with Crippen LogP contribution in [-0.2, 0) is 83.1 Å². The van der Waals surface area contributed by atoms with Crippen molar-refractivity contribution >= 4 is 66.8 Å². The fraction of sp³-hybridized carbons (Fsp3) is 0. The summed E-state index contributed by atoms with van der Waals surface area (Å²) in [5.41, 5.74) is 0. The maximum absolute atomic E-state index is 8.59. The van der Waals surface area contributed by atoms with Gasteiger partial charge in [-0.1, -0.05) is 0 Å². The summed E-state index contributed by atoms with van der Waals surface area (Å²) in [7, 11) is 0. The summed E-state index contributed by atoms with van der Waals surface area (Å²) in [5.74, 6) is 0. The SMILES string of the molecule is O=[Se](=O)([O-])[O-].O=[Se](=O)([O-])[O-].O=[Se](=O)([O-])[O-].O=[Se](=O)([O-])[O-].O=[Se](=O)([O-])[O-].[Nb+5].[Nb+5]. The largest absolute Gasteiger partial charge is 5.00 e. The van der Waals surface area contributed by atoms with Crippen molar-refractivity contribution in [1.82, 2.24) is 0 Å². The minimum absolute atomic E-state index is 0. The molecule has 0 aromatic heterocycles. The molecule has 0 N–H and O–H groups in total. The molecular formula is Nb2O20Se5. The molecule has 0 fully saturated rings. The Hall–Kier alpha value is 1.68. The molecule has 0 rings (SSSR count). The van der Waals surface area contributed by atoms with Crippen molar-refractivity contribution in [3.63, 3.8) is 0 Å². The van der Waals surface area contributed by atoms with Crippen LogP contribution in [0.15, 0.2) is 0 Å². The first-order valence-corrected chi connectivity index (χ1v) is 17.3. The smallest absolute Gasteiger partial charge is 5.00 e. The Bertz CT molecular complexity index is 619. The van der Waals surface area contributed by atoms with Gasteiger partial charge in [0, 0.05) is 0 Å². The zero-order valence-electron chi connectivity index (χ0n) is 11.1. The van der Waals surface area contributed by atoms with E-state index in [-0.39, 0.29) is 44.8 Å². The molecule has 0 unspecified atom stereocenters. The second-order valence-corrected chi connectivity index (χ2v) is 10.6. The Morgan fingerprint density at radius 1 is 0.259 bits per heavy atom. The van der Waals surface area contributed by atoms with E-state index in [9.17, 15) is 0 Å². The monoisotopic (exact) mass is 905 g/mol. The van der Waals surface area contributed by atoms with Crippen LogP contribution in [0, 0.1) is 0 Å². The minimum atomic E-state index is -5.75. The summed E-state index contributed by atoms with van der Waals surface area (Å²) in [5, 5.41) is 0. The molecular weight excluding hydrogens is 901 g/mol. The Morgan fingerprint density at radius 2 is 0.259 bits per heavy atom. The molecule has 0 aliphatic rings. The van der Waals surface area contributed by atoms with E-state index in [1.165, 1.54) is 0 Å². The molecule has 0 aromatic rings. The Kier molecular flexibility index (Phi) is 34.0.